The molecular formula is C12H24N2O. The van der Waals surface area contributed by atoms with Gasteiger partial charge >= 0.3 is 0 Å². The van der Waals surface area contributed by atoms with Crippen molar-refractivity contribution in [2.75, 3.05) is 26.7 Å². The molecule has 2 aliphatic rings. The third kappa shape index (κ3) is 3.16. The van der Waals surface area contributed by atoms with Gasteiger partial charge in [-0.05, 0) is 52.7 Å². The zero-order valence-electron chi connectivity index (χ0n) is 10.0. The van der Waals surface area contributed by atoms with E-state index in [9.17, 15) is 0 Å². The minimum absolute atomic E-state index is 0.463. The van der Waals surface area contributed by atoms with E-state index in [0.29, 0.717) is 18.2 Å². The zero-order chi connectivity index (χ0) is 10.7. The van der Waals surface area contributed by atoms with Gasteiger partial charge in [-0.3, -0.25) is 0 Å². The van der Waals surface area contributed by atoms with Crippen molar-refractivity contribution in [3.05, 3.63) is 0 Å². The van der Waals surface area contributed by atoms with E-state index >= 15 is 0 Å². The second kappa shape index (κ2) is 5.28. The summed E-state index contributed by atoms with van der Waals surface area (Å²) in [6.45, 7) is 5.70. The van der Waals surface area contributed by atoms with Crippen molar-refractivity contribution in [3.63, 3.8) is 0 Å². The first-order valence-electron chi connectivity index (χ1n) is 6.32. The second-order valence-electron chi connectivity index (χ2n) is 5.08. The van der Waals surface area contributed by atoms with Crippen molar-refractivity contribution in [1.29, 1.82) is 0 Å². The Balaban J connectivity index is 1.71. The van der Waals surface area contributed by atoms with Gasteiger partial charge in [-0.25, -0.2) is 0 Å². The minimum Gasteiger partial charge on any atom is -0.377 e. The maximum atomic E-state index is 5.70. The van der Waals surface area contributed by atoms with Crippen LogP contribution in [0.15, 0.2) is 0 Å². The molecule has 2 atom stereocenters. The maximum Gasteiger partial charge on any atom is 0.0726 e. The smallest absolute Gasteiger partial charge is 0.0726 e. The van der Waals surface area contributed by atoms with Crippen LogP contribution in [0.25, 0.3) is 0 Å². The quantitative estimate of drug-likeness (QED) is 0.762. The van der Waals surface area contributed by atoms with Crippen LogP contribution < -0.4 is 5.32 Å². The SMILES string of the molecule is CC(NC1CCN(C)CC1)C1CCCO1. The van der Waals surface area contributed by atoms with Crippen LogP contribution in [0.4, 0.5) is 0 Å². The van der Waals surface area contributed by atoms with E-state index in [2.05, 4.69) is 24.2 Å². The van der Waals surface area contributed by atoms with E-state index in [1.54, 1.807) is 0 Å². The van der Waals surface area contributed by atoms with Crippen LogP contribution in [0.2, 0.25) is 0 Å². The Morgan fingerprint density at radius 2 is 2.00 bits per heavy atom. The van der Waals surface area contributed by atoms with Gasteiger partial charge in [0.25, 0.3) is 0 Å². The molecule has 0 radical (unpaired) electrons. The Hall–Kier alpha value is -0.120. The van der Waals surface area contributed by atoms with Gasteiger partial charge in [-0.15, -0.1) is 0 Å². The van der Waals surface area contributed by atoms with Gasteiger partial charge in [0.1, 0.15) is 0 Å². The lowest BCUT2D eigenvalue weighted by molar-refractivity contribution is 0.0753. The van der Waals surface area contributed by atoms with E-state index in [1.807, 2.05) is 0 Å². The van der Waals surface area contributed by atoms with E-state index in [0.717, 1.165) is 6.61 Å². The number of rotatable bonds is 3. The molecule has 0 amide bonds. The Morgan fingerprint density at radius 1 is 1.27 bits per heavy atom. The first kappa shape index (κ1) is 11.4. The van der Waals surface area contributed by atoms with Crippen LogP contribution in [0.3, 0.4) is 0 Å². The van der Waals surface area contributed by atoms with Crippen LogP contribution in [0.1, 0.15) is 32.6 Å². The molecule has 88 valence electrons. The first-order chi connectivity index (χ1) is 7.25. The Kier molecular flexibility index (Phi) is 4.00. The number of hydrogen-bond acceptors (Lipinski definition) is 3. The van der Waals surface area contributed by atoms with Crippen LogP contribution in [0, 0.1) is 0 Å². The Bertz CT molecular complexity index is 184. The summed E-state index contributed by atoms with van der Waals surface area (Å²) in [5.74, 6) is 0. The lowest BCUT2D eigenvalue weighted by atomic mass is 10.0. The molecule has 0 spiro atoms. The van der Waals surface area contributed by atoms with Crippen molar-refractivity contribution in [1.82, 2.24) is 10.2 Å². The number of piperidine rings is 1. The summed E-state index contributed by atoms with van der Waals surface area (Å²) in [5, 5.41) is 3.73. The molecule has 0 aromatic carbocycles. The fourth-order valence-corrected chi connectivity index (χ4v) is 2.65. The van der Waals surface area contributed by atoms with Crippen molar-refractivity contribution >= 4 is 0 Å². The molecule has 2 unspecified atom stereocenters. The van der Waals surface area contributed by atoms with Crippen molar-refractivity contribution < 1.29 is 4.74 Å². The summed E-state index contributed by atoms with van der Waals surface area (Å²) in [4.78, 5) is 2.41. The number of likely N-dealkylation sites (tertiary alicyclic amines) is 1. The summed E-state index contributed by atoms with van der Waals surface area (Å²) < 4.78 is 5.70. The van der Waals surface area contributed by atoms with E-state index < -0.39 is 0 Å². The first-order valence-corrected chi connectivity index (χ1v) is 6.32. The molecule has 0 aromatic heterocycles. The van der Waals surface area contributed by atoms with Crippen LogP contribution >= 0.6 is 0 Å². The molecule has 0 saturated carbocycles. The molecule has 2 heterocycles. The third-order valence-electron chi connectivity index (χ3n) is 3.74. The number of nitrogens with one attached hydrogen (secondary N) is 1. The molecule has 0 aliphatic carbocycles. The molecule has 1 N–H and O–H groups in total. The molecule has 3 heteroatoms. The molecule has 2 rings (SSSR count). The largest absolute Gasteiger partial charge is 0.377 e. The highest BCUT2D eigenvalue weighted by Crippen LogP contribution is 2.17. The fourth-order valence-electron chi connectivity index (χ4n) is 2.65. The maximum absolute atomic E-state index is 5.70. The second-order valence-corrected chi connectivity index (χ2v) is 5.08. The average Bonchev–Trinajstić information content (AvgIpc) is 2.74. The highest BCUT2D eigenvalue weighted by atomic mass is 16.5. The van der Waals surface area contributed by atoms with Gasteiger partial charge in [-0.1, -0.05) is 0 Å². The van der Waals surface area contributed by atoms with Gasteiger partial charge < -0.3 is 15.0 Å². The van der Waals surface area contributed by atoms with Crippen LogP contribution in [-0.2, 0) is 4.74 Å². The highest BCUT2D eigenvalue weighted by Gasteiger charge is 2.25. The van der Waals surface area contributed by atoms with Gasteiger partial charge in [0, 0.05) is 18.7 Å². The van der Waals surface area contributed by atoms with Gasteiger partial charge in [0.15, 0.2) is 0 Å². The number of nitrogens with zero attached hydrogens (tertiary/aromatic N) is 1. The summed E-state index contributed by atoms with van der Waals surface area (Å²) in [6, 6.07) is 1.24. The van der Waals surface area contributed by atoms with Crippen LogP contribution in [-0.4, -0.2) is 49.8 Å². The van der Waals surface area contributed by atoms with Crippen molar-refractivity contribution in [2.45, 2.75) is 50.8 Å². The predicted molar refractivity (Wildman–Crippen MR) is 62.1 cm³/mol. The van der Waals surface area contributed by atoms with E-state index in [-0.39, 0.29) is 0 Å². The van der Waals surface area contributed by atoms with Gasteiger partial charge in [0.05, 0.1) is 6.10 Å². The molecule has 15 heavy (non-hydrogen) atoms. The molecular weight excluding hydrogens is 188 g/mol. The molecule has 0 aromatic rings. The van der Waals surface area contributed by atoms with E-state index in [4.69, 9.17) is 4.74 Å². The summed E-state index contributed by atoms with van der Waals surface area (Å²) in [5.41, 5.74) is 0. The lowest BCUT2D eigenvalue weighted by Gasteiger charge is -2.33. The summed E-state index contributed by atoms with van der Waals surface area (Å²) >= 11 is 0. The Labute approximate surface area is 93.2 Å². The molecule has 2 fully saturated rings. The fraction of sp³-hybridized carbons (Fsp3) is 1.00. The molecule has 2 saturated heterocycles. The van der Waals surface area contributed by atoms with Crippen LogP contribution in [0.5, 0.6) is 0 Å². The Morgan fingerprint density at radius 3 is 2.60 bits per heavy atom. The zero-order valence-corrected chi connectivity index (χ0v) is 10.0. The predicted octanol–water partition coefficient (Wildman–Crippen LogP) is 1.24. The standard InChI is InChI=1S/C12H24N2O/c1-10(12-4-3-9-15-12)13-11-5-7-14(2)8-6-11/h10-13H,3-9H2,1-2H3. The lowest BCUT2D eigenvalue weighted by Crippen LogP contribution is -2.48. The number of ether oxygens (including phenoxy) is 1. The summed E-state index contributed by atoms with van der Waals surface area (Å²) in [6.07, 6.45) is 5.51. The highest BCUT2D eigenvalue weighted by molar-refractivity contribution is 4.83. The normalized spacial score (nSPS) is 32.0. The monoisotopic (exact) mass is 212 g/mol. The van der Waals surface area contributed by atoms with Crippen molar-refractivity contribution in [2.24, 2.45) is 0 Å². The average molecular weight is 212 g/mol. The van der Waals surface area contributed by atoms with Gasteiger partial charge in [0.2, 0.25) is 0 Å². The molecule has 3 nitrogen and oxygen atoms in total. The van der Waals surface area contributed by atoms with Gasteiger partial charge in [-0.2, -0.15) is 0 Å². The number of hydrogen-bond donors (Lipinski definition) is 1. The summed E-state index contributed by atoms with van der Waals surface area (Å²) in [7, 11) is 2.21. The molecule has 0 bridgehead atoms. The topological polar surface area (TPSA) is 24.5 Å². The minimum atomic E-state index is 0.463. The molecule has 2 aliphatic heterocycles. The van der Waals surface area contributed by atoms with E-state index in [1.165, 1.54) is 38.8 Å². The third-order valence-corrected chi connectivity index (χ3v) is 3.74. The van der Waals surface area contributed by atoms with Crippen molar-refractivity contribution in [3.8, 4) is 0 Å².